The Hall–Kier alpha value is -7.39. The van der Waals surface area contributed by atoms with Crippen molar-refractivity contribution in [2.75, 3.05) is 0 Å². The van der Waals surface area contributed by atoms with Crippen molar-refractivity contribution in [3.63, 3.8) is 0 Å². The summed E-state index contributed by atoms with van der Waals surface area (Å²) in [6.07, 6.45) is 0. The molecule has 13 rings (SSSR count). The third kappa shape index (κ3) is 3.64. The van der Waals surface area contributed by atoms with Crippen LogP contribution < -0.4 is 30.6 Å². The number of benzene rings is 7. The van der Waals surface area contributed by atoms with Gasteiger partial charge in [0.2, 0.25) is 11.9 Å². The summed E-state index contributed by atoms with van der Waals surface area (Å²) in [5, 5.41) is 4.50. The van der Waals surface area contributed by atoms with E-state index >= 15 is 0 Å². The van der Waals surface area contributed by atoms with Crippen LogP contribution in [0.5, 0.6) is 34.5 Å². The Morgan fingerprint density at radius 1 is 0.370 bits per heavy atom. The Kier molecular flexibility index (Phi) is 5.30. The maximum absolute atomic E-state index is 6.71. The van der Waals surface area contributed by atoms with E-state index in [1.165, 1.54) is 0 Å². The third-order valence-electron chi connectivity index (χ3n) is 11.1. The van der Waals surface area contributed by atoms with Gasteiger partial charge in [-0.25, -0.2) is 0 Å². The molecule has 7 aromatic carbocycles. The molecule has 0 aliphatic carbocycles. The van der Waals surface area contributed by atoms with Gasteiger partial charge in [0.25, 0.3) is 6.71 Å². The third-order valence-corrected chi connectivity index (χ3v) is 11.1. The van der Waals surface area contributed by atoms with Crippen LogP contribution in [0.25, 0.3) is 66.9 Å². The number of nitrogens with zero attached hydrogens (tertiary/aromatic N) is 5. The highest BCUT2D eigenvalue weighted by atomic mass is 16.5. The normalized spacial score (nSPS) is 13.2. The Balaban J connectivity index is 1.11. The molecule has 0 radical (unpaired) electrons. The zero-order valence-electron chi connectivity index (χ0n) is 28.4. The Labute approximate surface area is 307 Å². The minimum absolute atomic E-state index is 0.0858. The van der Waals surface area contributed by atoms with Gasteiger partial charge >= 0.3 is 0 Å². The summed E-state index contributed by atoms with van der Waals surface area (Å²) in [5.41, 5.74) is 7.80. The molecule has 3 aromatic heterocycles. The highest BCUT2D eigenvalue weighted by molar-refractivity contribution is 6.99. The van der Waals surface area contributed by atoms with E-state index in [9.17, 15) is 0 Å². The Morgan fingerprint density at radius 2 is 0.722 bits per heavy atom. The summed E-state index contributed by atoms with van der Waals surface area (Å²) in [4.78, 5) is 15.9. The van der Waals surface area contributed by atoms with Crippen molar-refractivity contribution in [2.45, 2.75) is 0 Å². The second kappa shape index (κ2) is 10.1. The van der Waals surface area contributed by atoms with E-state index in [-0.39, 0.29) is 6.71 Å². The van der Waals surface area contributed by atoms with E-state index in [0.717, 1.165) is 88.6 Å². The van der Waals surface area contributed by atoms with Crippen molar-refractivity contribution >= 4 is 66.7 Å². The van der Waals surface area contributed by atoms with E-state index in [1.54, 1.807) is 0 Å². The fourth-order valence-electron chi connectivity index (χ4n) is 8.90. The van der Waals surface area contributed by atoms with Crippen molar-refractivity contribution in [2.24, 2.45) is 0 Å². The monoisotopic (exact) mass is 693 g/mol. The first kappa shape index (κ1) is 28.2. The molecule has 250 valence electrons. The molecule has 54 heavy (non-hydrogen) atoms. The first-order valence-corrected chi connectivity index (χ1v) is 18.0. The van der Waals surface area contributed by atoms with Gasteiger partial charge in [0, 0.05) is 43.5 Å². The van der Waals surface area contributed by atoms with Crippen LogP contribution in [0.1, 0.15) is 0 Å². The van der Waals surface area contributed by atoms with Gasteiger partial charge in [-0.05, 0) is 60.7 Å². The van der Waals surface area contributed by atoms with Crippen molar-refractivity contribution in [3.05, 3.63) is 146 Å². The molecule has 8 nitrogen and oxygen atoms in total. The SMILES string of the molecule is c1cc2c3c(c1)Oc1cc(-c4nc(-n5c6ccccc6c6ccccc65)nc(-n5c6ccccc6c6ccccc65)n4)cc4c1B3c1c(cccc1O4)O2. The zero-order chi connectivity index (χ0) is 35.1. The van der Waals surface area contributed by atoms with Crippen LogP contribution in [0, 0.1) is 0 Å². The second-order valence-electron chi connectivity index (χ2n) is 14.0. The molecule has 0 amide bonds. The molecule has 0 spiro atoms. The minimum atomic E-state index is -0.0858. The summed E-state index contributed by atoms with van der Waals surface area (Å²) in [6.45, 7) is -0.0858. The molecule has 0 saturated heterocycles. The van der Waals surface area contributed by atoms with E-state index in [1.807, 2.05) is 48.5 Å². The molecule has 9 heteroatoms. The van der Waals surface area contributed by atoms with Gasteiger partial charge in [-0.1, -0.05) is 84.9 Å². The molecule has 3 aliphatic rings. The Morgan fingerprint density at radius 3 is 1.13 bits per heavy atom. The lowest BCUT2D eigenvalue weighted by Crippen LogP contribution is -2.59. The lowest BCUT2D eigenvalue weighted by molar-refractivity contribution is 0.443. The number of hydrogen-bond donors (Lipinski definition) is 0. The van der Waals surface area contributed by atoms with Crippen LogP contribution in [0.15, 0.2) is 146 Å². The molecule has 0 bridgehead atoms. The van der Waals surface area contributed by atoms with Crippen LogP contribution in [0.3, 0.4) is 0 Å². The molecular weight excluding hydrogens is 669 g/mol. The average Bonchev–Trinajstić information content (AvgIpc) is 3.74. The Bertz CT molecular complexity index is 2980. The van der Waals surface area contributed by atoms with Crippen LogP contribution >= 0.6 is 0 Å². The number of para-hydroxylation sites is 4. The molecule has 0 N–H and O–H groups in total. The van der Waals surface area contributed by atoms with Crippen molar-refractivity contribution in [3.8, 4) is 57.8 Å². The maximum Gasteiger partial charge on any atom is 0.270 e. The van der Waals surface area contributed by atoms with E-state index < -0.39 is 0 Å². The molecule has 0 unspecified atom stereocenters. The van der Waals surface area contributed by atoms with Crippen LogP contribution in [-0.4, -0.2) is 30.8 Å². The quantitative estimate of drug-likeness (QED) is 0.173. The molecular formula is C45H24BN5O3. The van der Waals surface area contributed by atoms with Gasteiger partial charge in [0.1, 0.15) is 34.5 Å². The summed E-state index contributed by atoms with van der Waals surface area (Å²) < 4.78 is 24.1. The largest absolute Gasteiger partial charge is 0.458 e. The predicted molar refractivity (Wildman–Crippen MR) is 212 cm³/mol. The van der Waals surface area contributed by atoms with Gasteiger partial charge in [-0.3, -0.25) is 9.13 Å². The van der Waals surface area contributed by atoms with Gasteiger partial charge in [0.05, 0.1) is 22.1 Å². The molecule has 6 heterocycles. The summed E-state index contributed by atoms with van der Waals surface area (Å²) in [5.74, 6) is 6.06. The smallest absolute Gasteiger partial charge is 0.270 e. The maximum atomic E-state index is 6.71. The zero-order valence-corrected chi connectivity index (χ0v) is 28.4. The highest BCUT2D eigenvalue weighted by Crippen LogP contribution is 2.43. The molecule has 0 fully saturated rings. The lowest BCUT2D eigenvalue weighted by Gasteiger charge is -2.37. The van der Waals surface area contributed by atoms with E-state index in [2.05, 4.69) is 106 Å². The summed E-state index contributed by atoms with van der Waals surface area (Å²) in [6, 6.07) is 49.6. The van der Waals surface area contributed by atoms with E-state index in [0.29, 0.717) is 29.2 Å². The summed E-state index contributed by atoms with van der Waals surface area (Å²) in [7, 11) is 0. The van der Waals surface area contributed by atoms with Crippen molar-refractivity contribution in [1.29, 1.82) is 0 Å². The number of ether oxygens (including phenoxy) is 3. The first-order chi connectivity index (χ1) is 26.8. The molecule has 0 saturated carbocycles. The van der Waals surface area contributed by atoms with Gasteiger partial charge < -0.3 is 14.2 Å². The number of rotatable bonds is 3. The van der Waals surface area contributed by atoms with Gasteiger partial charge in [-0.2, -0.15) is 15.0 Å². The number of hydrogen-bond acceptors (Lipinski definition) is 6. The van der Waals surface area contributed by atoms with Gasteiger partial charge in [-0.15, -0.1) is 0 Å². The van der Waals surface area contributed by atoms with Crippen LogP contribution in [0.4, 0.5) is 0 Å². The minimum Gasteiger partial charge on any atom is -0.458 e. The average molecular weight is 694 g/mol. The second-order valence-corrected chi connectivity index (χ2v) is 14.0. The van der Waals surface area contributed by atoms with Gasteiger partial charge in [0.15, 0.2) is 5.82 Å². The van der Waals surface area contributed by atoms with Crippen molar-refractivity contribution in [1.82, 2.24) is 24.1 Å². The van der Waals surface area contributed by atoms with E-state index in [4.69, 9.17) is 29.2 Å². The summed E-state index contributed by atoms with van der Waals surface area (Å²) >= 11 is 0. The lowest BCUT2D eigenvalue weighted by atomic mass is 9.34. The highest BCUT2D eigenvalue weighted by Gasteiger charge is 2.46. The van der Waals surface area contributed by atoms with Crippen molar-refractivity contribution < 1.29 is 14.2 Å². The number of aromatic nitrogens is 5. The number of fused-ring (bicyclic) bond motifs is 6. The standard InChI is InChI=1S/C45H24BN5O3/c1-5-15-30-26(11-1)27-12-2-6-16-31(27)50(30)44-47-43(48-45(49-44)51-32-17-7-3-13-28(32)29-14-4-8-18-33(29)51)25-23-38-42-39(24-25)54-37-22-10-20-35-41(37)46(42)40-34(52-35)19-9-21-36(40)53-38/h1-24H. The first-order valence-electron chi connectivity index (χ1n) is 18.0. The van der Waals surface area contributed by atoms with Crippen LogP contribution in [-0.2, 0) is 0 Å². The topological polar surface area (TPSA) is 76.2 Å². The predicted octanol–water partition coefficient (Wildman–Crippen LogP) is 8.57. The molecule has 0 atom stereocenters. The fourth-order valence-corrected chi connectivity index (χ4v) is 8.90. The van der Waals surface area contributed by atoms with Crippen LogP contribution in [0.2, 0.25) is 0 Å². The molecule has 10 aromatic rings. The molecule has 3 aliphatic heterocycles. The fraction of sp³-hybridized carbons (Fsp3) is 0.